The van der Waals surface area contributed by atoms with Gasteiger partial charge in [0.2, 0.25) is 29.5 Å². The van der Waals surface area contributed by atoms with Crippen molar-refractivity contribution in [2.24, 2.45) is 0 Å². The molecule has 0 spiro atoms. The first-order valence-electron chi connectivity index (χ1n) is 36.1. The minimum atomic E-state index is -1.97. The highest BCUT2D eigenvalue weighted by Crippen LogP contribution is 2.47. The summed E-state index contributed by atoms with van der Waals surface area (Å²) in [5, 5.41) is 25.2. The molecule has 2 fully saturated rings. The highest BCUT2D eigenvalue weighted by atomic mass is 32.2. The van der Waals surface area contributed by atoms with Crippen molar-refractivity contribution in [1.29, 1.82) is 0 Å². The van der Waals surface area contributed by atoms with Crippen molar-refractivity contribution in [3.8, 4) is 17.1 Å². The summed E-state index contributed by atoms with van der Waals surface area (Å²) in [6.45, 7) is 2.71. The van der Waals surface area contributed by atoms with E-state index in [1.165, 1.54) is 0 Å². The van der Waals surface area contributed by atoms with Gasteiger partial charge in [0.05, 0.1) is 124 Å². The minimum absolute atomic E-state index is 0.0102. The molecule has 7 aromatic rings. The fraction of sp³-hybridized carbons (Fsp3) is 0.359. The Morgan fingerprint density at radius 1 is 0.631 bits per heavy atom. The second-order valence-electron chi connectivity index (χ2n) is 26.5. The van der Waals surface area contributed by atoms with Crippen molar-refractivity contribution in [2.75, 3.05) is 129 Å². The SMILES string of the molecule is CC[C@@]1(O)C(=O)OCc2c1cc1n(c2=O)Cc2c-1nc1ccc(NC(=O)CNC(=O)[C@H](Cc3ccccc3)NC(=O)CNC(=O)CNC(=O)COCCOCCOCCOc3c(F)cc(N4C(=O)C(Sc5ccc(C(=O)N6CCOCC6)cc5)=C(Sc5ccc(C(=O)N6CCOCC6)cc5)C4=O)cc3F)c3c1c2CCC3. The average molecular weight is 1560 g/mol. The predicted molar refractivity (Wildman–Crippen MR) is 398 cm³/mol. The van der Waals surface area contributed by atoms with Gasteiger partial charge in [-0.25, -0.2) is 23.5 Å². The van der Waals surface area contributed by atoms with Gasteiger partial charge in [0.1, 0.15) is 25.9 Å². The number of carbonyl (C=O) groups excluding carboxylic acids is 10. The van der Waals surface area contributed by atoms with Crippen LogP contribution in [0.15, 0.2) is 134 Å². The molecule has 580 valence electrons. The number of esters is 1. The summed E-state index contributed by atoms with van der Waals surface area (Å²) < 4.78 is 70.8. The zero-order valence-electron chi connectivity index (χ0n) is 60.3. The standard InChI is InChI=1S/C78H78F2N10O19S2/c1-2-78(102)55-38-61-67-53(42-89(61)74(98)54(55)43-109-77(78)101)51-9-6-10-52-58(19-20-59(86-67)66(51)52)84-64(93)41-83-71(95)60(35-45-7-4-3-5-8-45)85-63(92)40-81-62(91)39-82-65(94)44-107-32-31-105-29-30-106-33-34-108-68-56(79)36-48(37-57(68)80)90-75(99)69(110-49-15-11-46(12-16-49)72(96)87-21-25-103-26-22-87)70(76(90)100)111-50-17-13-47(14-18-50)73(97)88-23-27-104-28-24-88/h3-5,7-8,11-20,36-38,60,102H,2,6,9-10,21-35,39-44H2,1H3,(H,81,91)(H,82,94)(H,83,95)(H,84,93)(H,85,92)/t60-,78-/m0/s1. The number of hydrogen-bond acceptors (Lipinski definition) is 22. The highest BCUT2D eigenvalue weighted by Gasteiger charge is 2.46. The minimum Gasteiger partial charge on any atom is -0.485 e. The van der Waals surface area contributed by atoms with E-state index in [2.05, 4.69) is 26.6 Å². The largest absolute Gasteiger partial charge is 0.485 e. The number of pyridine rings is 2. The number of imide groups is 1. The molecule has 6 aliphatic rings. The quantitative estimate of drug-likeness (QED) is 0.0196. The molecule has 111 heavy (non-hydrogen) atoms. The molecule has 0 radical (unpaired) electrons. The third kappa shape index (κ3) is 17.8. The van der Waals surface area contributed by atoms with E-state index in [1.807, 2.05) is 0 Å². The maximum absolute atomic E-state index is 15.8. The Morgan fingerprint density at radius 3 is 1.81 bits per heavy atom. The first-order valence-corrected chi connectivity index (χ1v) is 37.7. The summed E-state index contributed by atoms with van der Waals surface area (Å²) in [7, 11) is 0. The summed E-state index contributed by atoms with van der Waals surface area (Å²) >= 11 is 1.90. The van der Waals surface area contributed by atoms with Gasteiger partial charge >= 0.3 is 5.97 Å². The summed E-state index contributed by atoms with van der Waals surface area (Å²) in [5.41, 5.74) is 4.08. The van der Waals surface area contributed by atoms with Crippen molar-refractivity contribution >= 4 is 105 Å². The molecule has 2 atom stereocenters. The number of nitrogens with zero attached hydrogens (tertiary/aromatic N) is 5. The monoisotopic (exact) mass is 1560 g/mol. The zero-order chi connectivity index (χ0) is 77.9. The van der Waals surface area contributed by atoms with Crippen LogP contribution in [-0.4, -0.2) is 208 Å². The van der Waals surface area contributed by atoms with Gasteiger partial charge in [0, 0.05) is 87.9 Å². The maximum Gasteiger partial charge on any atom is 0.343 e. The summed E-state index contributed by atoms with van der Waals surface area (Å²) in [4.78, 5) is 157. The molecular formula is C78H78F2N10O19S2. The second kappa shape index (κ2) is 35.5. The van der Waals surface area contributed by atoms with Crippen LogP contribution in [0.4, 0.5) is 20.2 Å². The Kier molecular flexibility index (Phi) is 25.1. The predicted octanol–water partition coefficient (Wildman–Crippen LogP) is 4.60. The van der Waals surface area contributed by atoms with E-state index in [0.29, 0.717) is 119 Å². The van der Waals surface area contributed by atoms with Crippen LogP contribution in [0.2, 0.25) is 0 Å². The van der Waals surface area contributed by atoms with Crippen molar-refractivity contribution in [1.82, 2.24) is 40.6 Å². The lowest BCUT2D eigenvalue weighted by atomic mass is 9.85. The number of halogens is 2. The molecule has 13 rings (SSSR count). The van der Waals surface area contributed by atoms with Crippen LogP contribution in [0.5, 0.6) is 5.75 Å². The molecule has 0 bridgehead atoms. The van der Waals surface area contributed by atoms with Gasteiger partial charge in [-0.3, -0.25) is 47.9 Å². The highest BCUT2D eigenvalue weighted by molar-refractivity contribution is 8.08. The molecule has 0 saturated carbocycles. The number of anilines is 2. The van der Waals surface area contributed by atoms with Gasteiger partial charge in [-0.15, -0.1) is 0 Å². The molecule has 33 heteroatoms. The van der Waals surface area contributed by atoms with Crippen LogP contribution in [0, 0.1) is 11.6 Å². The number of aliphatic hydroxyl groups is 1. The number of morpholine rings is 2. The normalized spacial score (nSPS) is 16.7. The van der Waals surface area contributed by atoms with E-state index in [-0.39, 0.29) is 104 Å². The number of hydrogen-bond donors (Lipinski definition) is 6. The fourth-order valence-corrected chi connectivity index (χ4v) is 15.7. The number of aromatic nitrogens is 2. The Hall–Kier alpha value is -10.8. The Labute approximate surface area is 642 Å². The van der Waals surface area contributed by atoms with Crippen molar-refractivity contribution < 1.29 is 95.0 Å². The number of benzene rings is 5. The van der Waals surface area contributed by atoms with Gasteiger partial charge in [-0.05, 0) is 109 Å². The molecule has 7 heterocycles. The average Bonchev–Trinajstić information content (AvgIpc) is 1.62. The molecule has 29 nitrogen and oxygen atoms in total. The van der Waals surface area contributed by atoms with Gasteiger partial charge in [-0.1, -0.05) is 60.8 Å². The lowest BCUT2D eigenvalue weighted by Crippen LogP contribution is -2.52. The van der Waals surface area contributed by atoms with Crippen molar-refractivity contribution in [2.45, 2.75) is 73.6 Å². The summed E-state index contributed by atoms with van der Waals surface area (Å²) in [6, 6.07) is 27.4. The number of ether oxygens (including phenoxy) is 7. The smallest absolute Gasteiger partial charge is 0.343 e. The number of amides is 9. The zero-order valence-corrected chi connectivity index (χ0v) is 61.9. The number of cyclic esters (lactones) is 1. The van der Waals surface area contributed by atoms with E-state index in [0.717, 1.165) is 64.2 Å². The Morgan fingerprint density at radius 2 is 1.20 bits per heavy atom. The number of carbonyl (C=O) groups is 10. The van der Waals surface area contributed by atoms with Crippen LogP contribution < -0.4 is 41.8 Å². The molecule has 5 aromatic carbocycles. The van der Waals surface area contributed by atoms with Crippen LogP contribution in [0.1, 0.15) is 73.9 Å². The second-order valence-corrected chi connectivity index (χ2v) is 28.7. The van der Waals surface area contributed by atoms with E-state index in [4.69, 9.17) is 38.1 Å². The molecule has 2 saturated heterocycles. The molecule has 0 unspecified atom stereocenters. The first kappa shape index (κ1) is 78.3. The molecule has 5 aliphatic heterocycles. The lowest BCUT2D eigenvalue weighted by Gasteiger charge is -2.31. The van der Waals surface area contributed by atoms with Crippen LogP contribution in [-0.2, 0) is 105 Å². The third-order valence-corrected chi connectivity index (χ3v) is 21.7. The van der Waals surface area contributed by atoms with E-state index in [9.17, 15) is 57.8 Å². The fourth-order valence-electron chi connectivity index (χ4n) is 13.7. The number of fused-ring (bicyclic) bond motifs is 5. The molecule has 9 amide bonds. The molecule has 1 aliphatic carbocycles. The first-order chi connectivity index (χ1) is 53.7. The van der Waals surface area contributed by atoms with Gasteiger partial charge in [0.25, 0.3) is 29.2 Å². The van der Waals surface area contributed by atoms with Crippen LogP contribution in [0.3, 0.4) is 0 Å². The molecule has 2 aromatic heterocycles. The Bertz CT molecular complexity index is 4780. The molecule has 6 N–H and O–H groups in total. The Balaban J connectivity index is 0.515. The number of rotatable bonds is 31. The van der Waals surface area contributed by atoms with Crippen molar-refractivity contribution in [3.63, 3.8) is 0 Å². The van der Waals surface area contributed by atoms with E-state index >= 15 is 8.78 Å². The maximum atomic E-state index is 15.8. The number of nitrogens with one attached hydrogen (secondary N) is 5. The lowest BCUT2D eigenvalue weighted by molar-refractivity contribution is -0.172. The van der Waals surface area contributed by atoms with Gasteiger partial charge in [0.15, 0.2) is 23.0 Å². The number of aryl methyl sites for hydroxylation is 2. The third-order valence-electron chi connectivity index (χ3n) is 19.4. The van der Waals surface area contributed by atoms with E-state index in [1.54, 1.807) is 118 Å². The van der Waals surface area contributed by atoms with Gasteiger partial charge < -0.3 is 79.2 Å². The molecular weight excluding hydrogens is 1480 g/mol. The number of thioether (sulfide) groups is 2. The summed E-state index contributed by atoms with van der Waals surface area (Å²) in [6.07, 6.45) is 2.05. The van der Waals surface area contributed by atoms with Crippen molar-refractivity contribution in [3.05, 3.63) is 186 Å². The van der Waals surface area contributed by atoms with E-state index < -0.39 is 108 Å². The van der Waals surface area contributed by atoms with Crippen LogP contribution in [0.25, 0.3) is 22.3 Å². The van der Waals surface area contributed by atoms with Gasteiger partial charge in [-0.2, -0.15) is 0 Å². The summed E-state index contributed by atoms with van der Waals surface area (Å²) in [5.74, 6) is -9.41. The topological polar surface area (TPSA) is 360 Å². The van der Waals surface area contributed by atoms with Crippen LogP contribution >= 0.6 is 23.5 Å².